The molecule has 2 aliphatic carbocycles. The van der Waals surface area contributed by atoms with Gasteiger partial charge in [0.05, 0.1) is 0 Å². The molecule has 0 bridgehead atoms. The van der Waals surface area contributed by atoms with Crippen molar-refractivity contribution in [2.24, 2.45) is 11.3 Å². The third kappa shape index (κ3) is 8.42. The number of fused-ring (bicyclic) bond motifs is 3. The first kappa shape index (κ1) is 42.4. The fourth-order valence-electron chi connectivity index (χ4n) is 7.85. The Morgan fingerprint density at radius 2 is 1.15 bits per heavy atom. The molecule has 2 aliphatic rings. The van der Waals surface area contributed by atoms with E-state index in [4.69, 9.17) is 0 Å². The molecule has 47 heavy (non-hydrogen) atoms. The van der Waals surface area contributed by atoms with Crippen molar-refractivity contribution in [3.05, 3.63) is 72.6 Å². The molecule has 0 aromatic heterocycles. The standard InChI is InChI=1S/C29H41.C12H19.C3H6.2ClH.Zr/c1-26(2,3)22-14-18-13-19-15-23(27(4,5)6)25(29(10,11)12)17-21(19)20(18)16-24(22)28(7,8)9;1-5-6-10-7-8-11(9-10)12(2,3)4;1-3-2;;;/h14,16-17H,13H2,1-12H3;8-10H,5-6H2,1-4H3;1-2H3;2*1H;. The van der Waals surface area contributed by atoms with Gasteiger partial charge < -0.3 is 0 Å². The SMILES string of the molecule is CCCC1C=C(C(C)(C)C)C=[C]1[Zr](=[C](C)C)[c]1c2c(cc(C(C)(C)C)c1C(C)(C)C)-c1cc(C(C)(C)C)c(C(C)(C)C)cc1C2.Cl.Cl. The normalized spacial score (nSPS) is 16.5. The van der Waals surface area contributed by atoms with Crippen LogP contribution in [0.15, 0.2) is 39.2 Å². The van der Waals surface area contributed by atoms with Crippen LogP contribution < -0.4 is 3.27 Å². The monoisotopic (exact) mass is 756 g/mol. The molecule has 0 heterocycles. The van der Waals surface area contributed by atoms with Crippen LogP contribution in [-0.4, -0.2) is 3.21 Å². The van der Waals surface area contributed by atoms with E-state index in [0.717, 1.165) is 6.42 Å². The summed E-state index contributed by atoms with van der Waals surface area (Å²) in [6.07, 6.45) is 8.95. The van der Waals surface area contributed by atoms with Gasteiger partial charge in [-0.25, -0.2) is 0 Å². The maximum Gasteiger partial charge on any atom is -0.147 e. The molecule has 3 heteroatoms. The topological polar surface area (TPSA) is 0 Å². The zero-order chi connectivity index (χ0) is 34.2. The number of allylic oxidation sites excluding steroid dienone is 4. The van der Waals surface area contributed by atoms with Gasteiger partial charge in [-0.1, -0.05) is 0 Å². The van der Waals surface area contributed by atoms with Crippen LogP contribution in [0.5, 0.6) is 0 Å². The van der Waals surface area contributed by atoms with E-state index in [2.05, 4.69) is 155 Å². The minimum atomic E-state index is -2.53. The van der Waals surface area contributed by atoms with Gasteiger partial charge in [-0.15, -0.1) is 24.8 Å². The van der Waals surface area contributed by atoms with E-state index >= 15 is 0 Å². The molecule has 0 saturated heterocycles. The van der Waals surface area contributed by atoms with E-state index < -0.39 is 21.3 Å². The Morgan fingerprint density at radius 3 is 1.57 bits per heavy atom. The predicted molar refractivity (Wildman–Crippen MR) is 214 cm³/mol. The summed E-state index contributed by atoms with van der Waals surface area (Å²) in [4.78, 5) is 0. The maximum atomic E-state index is 2.71. The molecule has 0 nitrogen and oxygen atoms in total. The summed E-state index contributed by atoms with van der Waals surface area (Å²) in [7, 11) is 0. The van der Waals surface area contributed by atoms with E-state index in [9.17, 15) is 0 Å². The Bertz CT molecular complexity index is 1590. The van der Waals surface area contributed by atoms with Crippen molar-refractivity contribution >= 4 is 31.3 Å². The van der Waals surface area contributed by atoms with Crippen molar-refractivity contribution in [1.29, 1.82) is 0 Å². The molecular formula is C44H68Cl2Zr. The summed E-state index contributed by atoms with van der Waals surface area (Å²) in [5.74, 6) is 0.582. The summed E-state index contributed by atoms with van der Waals surface area (Å²) < 4.78 is 5.35. The van der Waals surface area contributed by atoms with Crippen molar-refractivity contribution in [2.45, 2.75) is 166 Å². The zero-order valence-electron chi connectivity index (χ0n) is 33.4. The number of benzene rings is 2. The average Bonchev–Trinajstić information content (AvgIpc) is 3.42. The number of rotatable bonds is 4. The van der Waals surface area contributed by atoms with Crippen molar-refractivity contribution in [2.75, 3.05) is 0 Å². The van der Waals surface area contributed by atoms with Gasteiger partial charge in [0.15, 0.2) is 0 Å². The Labute approximate surface area is 311 Å². The van der Waals surface area contributed by atoms with Gasteiger partial charge in [0.25, 0.3) is 0 Å². The smallest absolute Gasteiger partial charge is 0.147 e. The minimum Gasteiger partial charge on any atom is -0.147 e. The second-order valence-electron chi connectivity index (χ2n) is 19.7. The maximum absolute atomic E-state index is 2.71. The van der Waals surface area contributed by atoms with Gasteiger partial charge in [-0.05, 0) is 0 Å². The Hall–Kier alpha value is -0.747. The largest absolute Gasteiger partial charge is 0.147 e. The van der Waals surface area contributed by atoms with Crippen molar-refractivity contribution < 1.29 is 21.3 Å². The van der Waals surface area contributed by atoms with Crippen LogP contribution in [0.25, 0.3) is 11.1 Å². The van der Waals surface area contributed by atoms with Crippen molar-refractivity contribution in [1.82, 2.24) is 0 Å². The van der Waals surface area contributed by atoms with E-state index in [-0.39, 0.29) is 51.9 Å². The molecule has 1 unspecified atom stereocenters. The van der Waals surface area contributed by atoms with Crippen LogP contribution in [0.2, 0.25) is 0 Å². The molecule has 262 valence electrons. The molecule has 0 radical (unpaired) electrons. The summed E-state index contributed by atoms with van der Waals surface area (Å²) in [5.41, 5.74) is 14.6. The Kier molecular flexibility index (Phi) is 12.7. The number of halogens is 2. The van der Waals surface area contributed by atoms with Crippen molar-refractivity contribution in [3.8, 4) is 11.1 Å². The summed E-state index contributed by atoms with van der Waals surface area (Å²) >= 11 is -2.53. The molecular weight excluding hydrogens is 691 g/mol. The molecule has 0 spiro atoms. The summed E-state index contributed by atoms with van der Waals surface area (Å²) in [5, 5.41) is 0. The van der Waals surface area contributed by atoms with Crippen LogP contribution in [0.1, 0.15) is 171 Å². The first-order chi connectivity index (χ1) is 20.3. The van der Waals surface area contributed by atoms with Gasteiger partial charge in [0, 0.05) is 0 Å². The fraction of sp³-hybridized carbons (Fsp3) is 0.614. The zero-order valence-corrected chi connectivity index (χ0v) is 37.5. The molecule has 0 amide bonds. The second kappa shape index (κ2) is 14.1. The minimum absolute atomic E-state index is 0. The number of hydrogen-bond acceptors (Lipinski definition) is 0. The van der Waals surface area contributed by atoms with Gasteiger partial charge in [0.1, 0.15) is 0 Å². The third-order valence-corrected chi connectivity index (χ3v) is 17.8. The second-order valence-corrected chi connectivity index (χ2v) is 26.6. The van der Waals surface area contributed by atoms with Crippen molar-refractivity contribution in [3.63, 3.8) is 0 Å². The molecule has 2 aromatic rings. The summed E-state index contributed by atoms with van der Waals surface area (Å²) in [6, 6.07) is 7.90. The van der Waals surface area contributed by atoms with Gasteiger partial charge >= 0.3 is 288 Å². The van der Waals surface area contributed by atoms with E-state index in [1.54, 1.807) is 31.0 Å². The van der Waals surface area contributed by atoms with Crippen LogP contribution >= 0.6 is 24.8 Å². The van der Waals surface area contributed by atoms with Crippen LogP contribution in [0, 0.1) is 11.3 Å². The van der Waals surface area contributed by atoms with Crippen LogP contribution in [0.3, 0.4) is 0 Å². The van der Waals surface area contributed by atoms with Crippen LogP contribution in [-0.2, 0) is 49.3 Å². The van der Waals surface area contributed by atoms with Gasteiger partial charge in [-0.3, -0.25) is 0 Å². The van der Waals surface area contributed by atoms with E-state index in [1.165, 1.54) is 35.1 Å². The first-order valence-electron chi connectivity index (χ1n) is 17.8. The Balaban J connectivity index is 0.00000384. The van der Waals surface area contributed by atoms with E-state index in [0.29, 0.717) is 5.92 Å². The predicted octanol–water partition coefficient (Wildman–Crippen LogP) is 13.0. The molecule has 0 aliphatic heterocycles. The molecule has 2 aromatic carbocycles. The fourth-order valence-corrected chi connectivity index (χ4v) is 16.6. The van der Waals surface area contributed by atoms with Gasteiger partial charge in [0.2, 0.25) is 0 Å². The molecule has 0 N–H and O–H groups in total. The molecule has 0 saturated carbocycles. The number of hydrogen-bond donors (Lipinski definition) is 0. The van der Waals surface area contributed by atoms with Gasteiger partial charge in [-0.2, -0.15) is 0 Å². The van der Waals surface area contributed by atoms with E-state index in [1.807, 2.05) is 6.55 Å². The molecule has 1 atom stereocenters. The quantitative estimate of drug-likeness (QED) is 0.249. The molecule has 4 rings (SSSR count). The van der Waals surface area contributed by atoms with Crippen LogP contribution in [0.4, 0.5) is 0 Å². The Morgan fingerprint density at radius 1 is 0.660 bits per heavy atom. The first-order valence-corrected chi connectivity index (χ1v) is 21.5. The molecule has 0 fully saturated rings. The average molecular weight is 759 g/mol. The summed E-state index contributed by atoms with van der Waals surface area (Å²) in [6.45, 7) is 43.8. The third-order valence-electron chi connectivity index (χ3n) is 10.1.